The van der Waals surface area contributed by atoms with Crippen LogP contribution in [-0.2, 0) is 4.74 Å². The van der Waals surface area contributed by atoms with Crippen LogP contribution in [0.1, 0.15) is 40.5 Å². The van der Waals surface area contributed by atoms with Gasteiger partial charge in [0.15, 0.2) is 0 Å². The van der Waals surface area contributed by atoms with E-state index in [0.29, 0.717) is 22.7 Å². The number of hydrogen-bond acceptors (Lipinski definition) is 5. The largest absolute Gasteiger partial charge is 0.465 e. The molecule has 0 bridgehead atoms. The molecule has 1 fully saturated rings. The number of aromatic nitrogens is 1. The Balaban J connectivity index is 1.74. The lowest BCUT2D eigenvalue weighted by molar-refractivity contribution is 0.0600. The molecule has 1 N–H and O–H groups in total. The molecule has 136 valence electrons. The Hall–Kier alpha value is -2.89. The molecule has 2 aromatic rings. The van der Waals surface area contributed by atoms with Gasteiger partial charge in [0.05, 0.1) is 30.1 Å². The quantitative estimate of drug-likeness (QED) is 0.854. The van der Waals surface area contributed by atoms with Gasteiger partial charge in [-0.05, 0) is 43.0 Å². The zero-order valence-corrected chi connectivity index (χ0v) is 15.1. The number of esters is 1. The van der Waals surface area contributed by atoms with Gasteiger partial charge in [-0.3, -0.25) is 9.78 Å². The SMILES string of the molecule is COC(=O)c1cccc(NC(=O)c2cncc(N3CCCC(C)C3)c2)c1. The van der Waals surface area contributed by atoms with E-state index in [9.17, 15) is 9.59 Å². The Bertz CT molecular complexity index is 806. The highest BCUT2D eigenvalue weighted by molar-refractivity contribution is 6.05. The van der Waals surface area contributed by atoms with Crippen molar-refractivity contribution in [1.82, 2.24) is 4.98 Å². The summed E-state index contributed by atoms with van der Waals surface area (Å²) in [5.74, 6) is -0.0577. The fraction of sp³-hybridized carbons (Fsp3) is 0.350. The summed E-state index contributed by atoms with van der Waals surface area (Å²) in [6, 6.07) is 8.53. The van der Waals surface area contributed by atoms with Crippen molar-refractivity contribution in [1.29, 1.82) is 0 Å². The number of methoxy groups -OCH3 is 1. The second-order valence-electron chi connectivity index (χ2n) is 6.65. The molecule has 6 nitrogen and oxygen atoms in total. The summed E-state index contributed by atoms with van der Waals surface area (Å²) in [5.41, 5.74) is 2.38. The number of benzene rings is 1. The molecule has 3 rings (SSSR count). The summed E-state index contributed by atoms with van der Waals surface area (Å²) in [6.07, 6.45) is 5.74. The molecule has 0 radical (unpaired) electrons. The summed E-state index contributed by atoms with van der Waals surface area (Å²) in [5, 5.41) is 2.81. The zero-order valence-electron chi connectivity index (χ0n) is 15.1. The average molecular weight is 353 g/mol. The van der Waals surface area contributed by atoms with E-state index in [1.165, 1.54) is 13.5 Å². The van der Waals surface area contributed by atoms with E-state index >= 15 is 0 Å². The highest BCUT2D eigenvalue weighted by Gasteiger charge is 2.18. The summed E-state index contributed by atoms with van der Waals surface area (Å²) in [6.45, 7) is 4.20. The van der Waals surface area contributed by atoms with Crippen LogP contribution in [0, 0.1) is 5.92 Å². The Morgan fingerprint density at radius 1 is 1.23 bits per heavy atom. The minimum absolute atomic E-state index is 0.258. The summed E-state index contributed by atoms with van der Waals surface area (Å²) in [4.78, 5) is 30.7. The maximum Gasteiger partial charge on any atom is 0.337 e. The minimum Gasteiger partial charge on any atom is -0.465 e. The molecule has 1 aromatic heterocycles. The fourth-order valence-corrected chi connectivity index (χ4v) is 3.19. The number of anilines is 2. The van der Waals surface area contributed by atoms with Crippen LogP contribution in [-0.4, -0.2) is 37.1 Å². The van der Waals surface area contributed by atoms with Crippen LogP contribution in [0.5, 0.6) is 0 Å². The zero-order chi connectivity index (χ0) is 18.5. The third-order valence-electron chi connectivity index (χ3n) is 4.55. The van der Waals surface area contributed by atoms with Gasteiger partial charge in [-0.15, -0.1) is 0 Å². The maximum atomic E-state index is 12.6. The van der Waals surface area contributed by atoms with E-state index in [4.69, 9.17) is 4.74 Å². The smallest absolute Gasteiger partial charge is 0.337 e. The van der Waals surface area contributed by atoms with Crippen molar-refractivity contribution in [2.24, 2.45) is 5.92 Å². The first-order chi connectivity index (χ1) is 12.6. The normalized spacial score (nSPS) is 16.8. The first kappa shape index (κ1) is 17.9. The second kappa shape index (κ2) is 7.99. The van der Waals surface area contributed by atoms with Crippen molar-refractivity contribution in [2.45, 2.75) is 19.8 Å². The van der Waals surface area contributed by atoms with Crippen LogP contribution in [0.25, 0.3) is 0 Å². The van der Waals surface area contributed by atoms with Gasteiger partial charge in [-0.2, -0.15) is 0 Å². The third-order valence-corrected chi connectivity index (χ3v) is 4.55. The number of amides is 1. The molecule has 1 aliphatic heterocycles. The van der Waals surface area contributed by atoms with Gasteiger partial charge in [0.2, 0.25) is 0 Å². The number of ether oxygens (including phenoxy) is 1. The predicted molar refractivity (Wildman–Crippen MR) is 101 cm³/mol. The highest BCUT2D eigenvalue weighted by atomic mass is 16.5. The Morgan fingerprint density at radius 3 is 2.85 bits per heavy atom. The van der Waals surface area contributed by atoms with Gasteiger partial charge in [0.1, 0.15) is 0 Å². The first-order valence-electron chi connectivity index (χ1n) is 8.76. The van der Waals surface area contributed by atoms with Crippen molar-refractivity contribution in [2.75, 3.05) is 30.4 Å². The van der Waals surface area contributed by atoms with E-state index in [1.54, 1.807) is 36.7 Å². The summed E-state index contributed by atoms with van der Waals surface area (Å²) < 4.78 is 4.71. The number of nitrogens with one attached hydrogen (secondary N) is 1. The molecule has 1 amide bonds. The molecule has 1 unspecified atom stereocenters. The summed E-state index contributed by atoms with van der Waals surface area (Å²) in [7, 11) is 1.33. The number of piperidine rings is 1. The predicted octanol–water partition coefficient (Wildman–Crippen LogP) is 3.36. The molecule has 0 aliphatic carbocycles. The van der Waals surface area contributed by atoms with Gasteiger partial charge in [0, 0.05) is 25.0 Å². The van der Waals surface area contributed by atoms with Crippen LogP contribution in [0.2, 0.25) is 0 Å². The van der Waals surface area contributed by atoms with Crippen LogP contribution in [0.3, 0.4) is 0 Å². The van der Waals surface area contributed by atoms with Crippen molar-refractivity contribution in [3.05, 3.63) is 53.9 Å². The number of pyridine rings is 1. The Labute approximate surface area is 153 Å². The third kappa shape index (κ3) is 4.20. The number of nitrogens with zero attached hydrogens (tertiary/aromatic N) is 2. The van der Waals surface area contributed by atoms with Crippen LogP contribution in [0.15, 0.2) is 42.7 Å². The lowest BCUT2D eigenvalue weighted by Crippen LogP contribution is -2.34. The molecule has 1 aliphatic rings. The van der Waals surface area contributed by atoms with Gasteiger partial charge >= 0.3 is 5.97 Å². The minimum atomic E-state index is -0.441. The molecule has 0 saturated carbocycles. The van der Waals surface area contributed by atoms with Crippen LogP contribution < -0.4 is 10.2 Å². The maximum absolute atomic E-state index is 12.6. The standard InChI is InChI=1S/C20H23N3O3/c1-14-5-4-8-23(13-14)18-10-16(11-21-12-18)19(24)22-17-7-3-6-15(9-17)20(25)26-2/h3,6-7,9-12,14H,4-5,8,13H2,1-2H3,(H,22,24). The van der Waals surface area contributed by atoms with Crippen molar-refractivity contribution >= 4 is 23.3 Å². The van der Waals surface area contributed by atoms with Gasteiger partial charge in [0.25, 0.3) is 5.91 Å². The second-order valence-corrected chi connectivity index (χ2v) is 6.65. The average Bonchev–Trinajstić information content (AvgIpc) is 2.67. The van der Waals surface area contributed by atoms with E-state index < -0.39 is 5.97 Å². The fourth-order valence-electron chi connectivity index (χ4n) is 3.19. The topological polar surface area (TPSA) is 71.5 Å². The van der Waals surface area contributed by atoms with Crippen molar-refractivity contribution in [3.8, 4) is 0 Å². The van der Waals surface area contributed by atoms with Crippen LogP contribution in [0.4, 0.5) is 11.4 Å². The van der Waals surface area contributed by atoms with Crippen molar-refractivity contribution < 1.29 is 14.3 Å². The molecule has 2 heterocycles. The Morgan fingerprint density at radius 2 is 2.08 bits per heavy atom. The number of carbonyl (C=O) groups excluding carboxylic acids is 2. The van der Waals surface area contributed by atoms with Crippen molar-refractivity contribution in [3.63, 3.8) is 0 Å². The molecule has 0 spiro atoms. The molecule has 1 saturated heterocycles. The number of hydrogen-bond donors (Lipinski definition) is 1. The van der Waals surface area contributed by atoms with Gasteiger partial charge in [-0.25, -0.2) is 4.79 Å². The van der Waals surface area contributed by atoms with Gasteiger partial charge < -0.3 is 15.0 Å². The lowest BCUT2D eigenvalue weighted by atomic mass is 10.00. The van der Waals surface area contributed by atoms with E-state index in [2.05, 4.69) is 22.1 Å². The monoisotopic (exact) mass is 353 g/mol. The van der Waals surface area contributed by atoms with E-state index in [0.717, 1.165) is 25.2 Å². The molecular weight excluding hydrogens is 330 g/mol. The molecule has 1 aromatic carbocycles. The van der Waals surface area contributed by atoms with E-state index in [-0.39, 0.29) is 5.91 Å². The molecule has 26 heavy (non-hydrogen) atoms. The molecule has 6 heteroatoms. The lowest BCUT2D eigenvalue weighted by Gasteiger charge is -2.32. The molecule has 1 atom stereocenters. The first-order valence-corrected chi connectivity index (χ1v) is 8.76. The number of carbonyl (C=O) groups is 2. The highest BCUT2D eigenvalue weighted by Crippen LogP contribution is 2.23. The summed E-state index contributed by atoms with van der Waals surface area (Å²) >= 11 is 0. The van der Waals surface area contributed by atoms with Gasteiger partial charge in [-0.1, -0.05) is 13.0 Å². The Kier molecular flexibility index (Phi) is 5.51. The van der Waals surface area contributed by atoms with E-state index in [1.807, 2.05) is 6.07 Å². The van der Waals surface area contributed by atoms with Crippen LogP contribution >= 0.6 is 0 Å². The number of rotatable bonds is 4. The molecular formula is C20H23N3O3.